The molecule has 0 aliphatic carbocycles. The van der Waals surface area contributed by atoms with Crippen molar-refractivity contribution in [1.29, 1.82) is 0 Å². The molecule has 0 saturated carbocycles. The van der Waals surface area contributed by atoms with E-state index in [-0.39, 0.29) is 0 Å². The van der Waals surface area contributed by atoms with Gasteiger partial charge in [-0.2, -0.15) is 0 Å². The van der Waals surface area contributed by atoms with Crippen molar-refractivity contribution in [1.82, 2.24) is 0 Å². The van der Waals surface area contributed by atoms with Crippen LogP contribution in [0.2, 0.25) is 0 Å². The van der Waals surface area contributed by atoms with Gasteiger partial charge < -0.3 is 0 Å². The van der Waals surface area contributed by atoms with Gasteiger partial charge in [-0.3, -0.25) is 0 Å². The lowest BCUT2D eigenvalue weighted by molar-refractivity contribution is 0.607. The molecule has 0 aliphatic rings. The van der Waals surface area contributed by atoms with Crippen molar-refractivity contribution in [3.63, 3.8) is 0 Å². The molecule has 4 aromatic carbocycles. The van der Waals surface area contributed by atoms with Gasteiger partial charge in [-0.1, -0.05) is 156 Å². The minimum atomic E-state index is 0.948. The van der Waals surface area contributed by atoms with E-state index in [0.29, 0.717) is 0 Å². The number of hydrogen-bond donors (Lipinski definition) is 0. The molecule has 0 unspecified atom stereocenters. The van der Waals surface area contributed by atoms with Crippen LogP contribution in [0.25, 0.3) is 22.3 Å². The molecule has 0 aliphatic heterocycles. The molecule has 0 atom stereocenters. The Kier molecular flexibility index (Phi) is 11.9. The molecular formula is C39H47. The maximum absolute atomic E-state index is 2.33. The van der Waals surface area contributed by atoms with E-state index >= 15 is 0 Å². The summed E-state index contributed by atoms with van der Waals surface area (Å²) in [5, 5.41) is 0. The Balaban J connectivity index is 1.23. The summed E-state index contributed by atoms with van der Waals surface area (Å²) in [5.41, 5.74) is 10.7. The molecule has 1 radical (unpaired) electrons. The van der Waals surface area contributed by atoms with Crippen LogP contribution in [-0.2, 0) is 19.3 Å². The molecule has 4 rings (SSSR count). The summed E-state index contributed by atoms with van der Waals surface area (Å²) in [6.45, 7) is 4.54. The van der Waals surface area contributed by atoms with Crippen LogP contribution in [-0.4, -0.2) is 0 Å². The van der Waals surface area contributed by atoms with Crippen molar-refractivity contribution in [3.8, 4) is 22.3 Å². The van der Waals surface area contributed by atoms with Crippen LogP contribution in [0.3, 0.4) is 0 Å². The molecule has 0 heterocycles. The number of aryl methyl sites for hydroxylation is 2. The molecular weight excluding hydrogens is 468 g/mol. The summed E-state index contributed by atoms with van der Waals surface area (Å²) in [5.74, 6) is 0. The van der Waals surface area contributed by atoms with Crippen LogP contribution in [0.5, 0.6) is 0 Å². The van der Waals surface area contributed by atoms with Gasteiger partial charge in [0.2, 0.25) is 0 Å². The molecule has 0 saturated heterocycles. The van der Waals surface area contributed by atoms with Gasteiger partial charge in [0.1, 0.15) is 0 Å². The molecule has 203 valence electrons. The lowest BCUT2D eigenvalue weighted by Crippen LogP contribution is -1.90. The van der Waals surface area contributed by atoms with Crippen molar-refractivity contribution in [2.24, 2.45) is 0 Å². The quantitative estimate of drug-likeness (QED) is 0.130. The molecule has 0 nitrogen and oxygen atoms in total. The zero-order valence-corrected chi connectivity index (χ0v) is 24.3. The fourth-order valence-corrected chi connectivity index (χ4v) is 5.30. The van der Waals surface area contributed by atoms with E-state index in [1.807, 2.05) is 0 Å². The maximum Gasteiger partial charge on any atom is -0.00494 e. The highest BCUT2D eigenvalue weighted by Crippen LogP contribution is 2.24. The number of rotatable bonds is 16. The second-order valence-corrected chi connectivity index (χ2v) is 11.1. The fraction of sp³-hybridized carbons (Fsp3) is 0.359. The van der Waals surface area contributed by atoms with Gasteiger partial charge in [0, 0.05) is 0 Å². The van der Waals surface area contributed by atoms with Gasteiger partial charge in [0.05, 0.1) is 0 Å². The minimum Gasteiger partial charge on any atom is -0.0654 e. The first kappa shape index (κ1) is 28.9. The Bertz CT molecular complexity index is 1200. The maximum atomic E-state index is 2.33. The Morgan fingerprint density at radius 2 is 0.744 bits per heavy atom. The largest absolute Gasteiger partial charge is 0.0654 e. The highest BCUT2D eigenvalue weighted by molar-refractivity contribution is 5.65. The summed E-state index contributed by atoms with van der Waals surface area (Å²) in [4.78, 5) is 0. The van der Waals surface area contributed by atoms with E-state index in [0.717, 1.165) is 6.42 Å². The van der Waals surface area contributed by atoms with Crippen LogP contribution in [0, 0.1) is 6.42 Å². The van der Waals surface area contributed by atoms with Gasteiger partial charge in [0.15, 0.2) is 0 Å². The molecule has 0 fully saturated rings. The number of benzene rings is 4. The first-order valence-corrected chi connectivity index (χ1v) is 15.5. The standard InChI is InChI=1S/C39H47/c1-3-5-7-8-9-11-13-33-18-26-37(27-19-33)39-30-22-35(23-31-39)15-14-34-20-28-38(29-21-34)36-24-16-32(17-25-36)12-10-6-4-2/h14,16-31H,3-13,15H2,1-2H3. The molecule has 0 spiro atoms. The molecule has 0 amide bonds. The van der Waals surface area contributed by atoms with Crippen LogP contribution >= 0.6 is 0 Å². The Morgan fingerprint density at radius 1 is 0.385 bits per heavy atom. The first-order valence-electron chi connectivity index (χ1n) is 15.5. The summed E-state index contributed by atoms with van der Waals surface area (Å²) < 4.78 is 0. The Labute approximate surface area is 238 Å². The van der Waals surface area contributed by atoms with Crippen LogP contribution in [0.15, 0.2) is 97.1 Å². The lowest BCUT2D eigenvalue weighted by atomic mass is 9.97. The fourth-order valence-electron chi connectivity index (χ4n) is 5.30. The predicted molar refractivity (Wildman–Crippen MR) is 171 cm³/mol. The second kappa shape index (κ2) is 16.1. The third-order valence-corrected chi connectivity index (χ3v) is 7.90. The van der Waals surface area contributed by atoms with E-state index in [2.05, 4.69) is 117 Å². The smallest absolute Gasteiger partial charge is 0.00494 e. The van der Waals surface area contributed by atoms with Gasteiger partial charge in [-0.05, 0) is 83.0 Å². The Morgan fingerprint density at radius 3 is 1.23 bits per heavy atom. The van der Waals surface area contributed by atoms with Crippen molar-refractivity contribution in [2.45, 2.75) is 90.9 Å². The minimum absolute atomic E-state index is 0.948. The second-order valence-electron chi connectivity index (χ2n) is 11.1. The molecule has 0 aromatic heterocycles. The monoisotopic (exact) mass is 515 g/mol. The summed E-state index contributed by atoms with van der Waals surface area (Å²) >= 11 is 0. The van der Waals surface area contributed by atoms with Gasteiger partial charge >= 0.3 is 0 Å². The summed E-state index contributed by atoms with van der Waals surface area (Å²) in [6, 6.07) is 36.4. The molecule has 39 heavy (non-hydrogen) atoms. The molecule has 0 heteroatoms. The van der Waals surface area contributed by atoms with Crippen LogP contribution in [0.4, 0.5) is 0 Å². The molecule has 4 aromatic rings. The zero-order chi connectivity index (χ0) is 27.1. The molecule has 0 bridgehead atoms. The zero-order valence-electron chi connectivity index (χ0n) is 24.3. The average molecular weight is 516 g/mol. The van der Waals surface area contributed by atoms with Crippen LogP contribution < -0.4 is 0 Å². The highest BCUT2D eigenvalue weighted by atomic mass is 14.1. The van der Waals surface area contributed by atoms with Crippen molar-refractivity contribution in [2.75, 3.05) is 0 Å². The summed E-state index contributed by atoms with van der Waals surface area (Å²) in [7, 11) is 0. The normalized spacial score (nSPS) is 11.1. The van der Waals surface area contributed by atoms with Gasteiger partial charge in [-0.25, -0.2) is 0 Å². The van der Waals surface area contributed by atoms with E-state index in [1.54, 1.807) is 0 Å². The topological polar surface area (TPSA) is 0 Å². The van der Waals surface area contributed by atoms with Gasteiger partial charge in [0.25, 0.3) is 0 Å². The van der Waals surface area contributed by atoms with Gasteiger partial charge in [-0.15, -0.1) is 0 Å². The SMILES string of the molecule is CCCCCCCCc1ccc(-c2ccc(C[CH]c3ccc(-c4ccc(CCCCC)cc4)cc3)cc2)cc1. The first-order chi connectivity index (χ1) is 19.2. The third-order valence-electron chi connectivity index (χ3n) is 7.90. The van der Waals surface area contributed by atoms with Crippen LogP contribution in [0.1, 0.15) is 93.9 Å². The van der Waals surface area contributed by atoms with E-state index in [1.165, 1.54) is 115 Å². The van der Waals surface area contributed by atoms with Crippen molar-refractivity contribution < 1.29 is 0 Å². The van der Waals surface area contributed by atoms with E-state index in [9.17, 15) is 0 Å². The summed E-state index contributed by atoms with van der Waals surface area (Å²) in [6.07, 6.45) is 17.7. The predicted octanol–water partition coefficient (Wildman–Crippen LogP) is 11.5. The van der Waals surface area contributed by atoms with Crippen molar-refractivity contribution in [3.05, 3.63) is 126 Å². The third kappa shape index (κ3) is 9.54. The highest BCUT2D eigenvalue weighted by Gasteiger charge is 2.03. The number of unbranched alkanes of at least 4 members (excludes halogenated alkanes) is 7. The van der Waals surface area contributed by atoms with E-state index in [4.69, 9.17) is 0 Å². The molecule has 0 N–H and O–H groups in total. The average Bonchev–Trinajstić information content (AvgIpc) is 2.99. The Hall–Kier alpha value is -3.12. The number of hydrogen-bond acceptors (Lipinski definition) is 0. The lowest BCUT2D eigenvalue weighted by Gasteiger charge is -2.08. The van der Waals surface area contributed by atoms with Crippen molar-refractivity contribution >= 4 is 0 Å². The van der Waals surface area contributed by atoms with E-state index < -0.39 is 0 Å².